The minimum absolute atomic E-state index is 0.0477. The summed E-state index contributed by atoms with van der Waals surface area (Å²) in [4.78, 5) is 11.8. The summed E-state index contributed by atoms with van der Waals surface area (Å²) in [6.07, 6.45) is 0. The van der Waals surface area contributed by atoms with Gasteiger partial charge in [-0.3, -0.25) is 4.79 Å². The molecule has 0 aliphatic heterocycles. The molecule has 0 spiro atoms. The van der Waals surface area contributed by atoms with Gasteiger partial charge in [0.25, 0.3) is 0 Å². The number of carbonyl (C=O) groups excluding carboxylic acids is 1. The number of ether oxygens (including phenoxy) is 1. The van der Waals surface area contributed by atoms with Gasteiger partial charge in [0.15, 0.2) is 5.82 Å². The van der Waals surface area contributed by atoms with E-state index in [9.17, 15) is 4.79 Å². The van der Waals surface area contributed by atoms with Crippen molar-refractivity contribution in [2.75, 3.05) is 25.3 Å². The fraction of sp³-hybridized carbons (Fsp3) is 0.357. The van der Waals surface area contributed by atoms with Crippen molar-refractivity contribution in [3.63, 3.8) is 0 Å². The minimum Gasteiger partial charge on any atom is -0.383 e. The number of nitrogens with two attached hydrogens (primary N) is 1. The highest BCUT2D eigenvalue weighted by atomic mass is 35.5. The number of amides is 1. The predicted molar refractivity (Wildman–Crippen MR) is 90.8 cm³/mol. The van der Waals surface area contributed by atoms with Gasteiger partial charge in [0.05, 0.1) is 12.4 Å². The molecule has 1 heterocycles. The van der Waals surface area contributed by atoms with Crippen LogP contribution in [0.2, 0.25) is 5.02 Å². The molecule has 7 nitrogen and oxygen atoms in total. The summed E-state index contributed by atoms with van der Waals surface area (Å²) in [6, 6.07) is 7.08. The molecule has 23 heavy (non-hydrogen) atoms. The van der Waals surface area contributed by atoms with Crippen LogP contribution in [0.25, 0.3) is 11.4 Å². The van der Waals surface area contributed by atoms with Gasteiger partial charge in [-0.05, 0) is 31.2 Å². The highest BCUT2D eigenvalue weighted by Crippen LogP contribution is 2.22. The van der Waals surface area contributed by atoms with Gasteiger partial charge in [-0.25, -0.2) is 4.68 Å². The first-order chi connectivity index (χ1) is 11.0. The molecular weight excluding hydrogens is 338 g/mol. The number of hydrogen-bond donors (Lipinski definition) is 2. The normalized spacial score (nSPS) is 12.1. The zero-order valence-corrected chi connectivity index (χ0v) is 14.4. The Balaban J connectivity index is 1.97. The van der Waals surface area contributed by atoms with Crippen molar-refractivity contribution >= 4 is 29.3 Å². The van der Waals surface area contributed by atoms with Crippen LogP contribution >= 0.6 is 23.4 Å². The molecule has 0 fully saturated rings. The maximum Gasteiger partial charge on any atom is 0.230 e. The fourth-order valence-corrected chi connectivity index (χ4v) is 2.70. The second-order valence-electron chi connectivity index (χ2n) is 4.90. The summed E-state index contributed by atoms with van der Waals surface area (Å²) in [5, 5.41) is 12.0. The third-order valence-electron chi connectivity index (χ3n) is 2.92. The Morgan fingerprint density at radius 2 is 2.13 bits per heavy atom. The van der Waals surface area contributed by atoms with E-state index in [0.29, 0.717) is 22.6 Å². The number of thioether (sulfide) groups is 1. The number of nitrogen functional groups attached to an aromatic ring is 1. The van der Waals surface area contributed by atoms with Crippen LogP contribution < -0.4 is 11.2 Å². The van der Waals surface area contributed by atoms with Crippen molar-refractivity contribution in [1.29, 1.82) is 0 Å². The number of methoxy groups -OCH3 is 1. The minimum atomic E-state index is -0.115. The monoisotopic (exact) mass is 355 g/mol. The molecule has 0 bridgehead atoms. The maximum atomic E-state index is 11.8. The number of nitrogens with one attached hydrogen (secondary N) is 1. The van der Waals surface area contributed by atoms with E-state index >= 15 is 0 Å². The summed E-state index contributed by atoms with van der Waals surface area (Å²) >= 11 is 7.08. The molecule has 0 aliphatic rings. The Morgan fingerprint density at radius 3 is 2.78 bits per heavy atom. The molecule has 0 aliphatic carbocycles. The second-order valence-corrected chi connectivity index (χ2v) is 6.27. The van der Waals surface area contributed by atoms with Gasteiger partial charge in [0.1, 0.15) is 0 Å². The summed E-state index contributed by atoms with van der Waals surface area (Å²) in [6.45, 7) is 2.33. The zero-order valence-electron chi connectivity index (χ0n) is 12.8. The highest BCUT2D eigenvalue weighted by molar-refractivity contribution is 7.99. The summed E-state index contributed by atoms with van der Waals surface area (Å²) in [7, 11) is 1.59. The number of aromatic nitrogens is 3. The van der Waals surface area contributed by atoms with Gasteiger partial charge in [-0.1, -0.05) is 23.4 Å². The third kappa shape index (κ3) is 4.85. The van der Waals surface area contributed by atoms with E-state index in [1.807, 2.05) is 19.1 Å². The molecule has 0 saturated heterocycles. The topological polar surface area (TPSA) is 95.1 Å². The van der Waals surface area contributed by atoms with E-state index in [4.69, 9.17) is 22.2 Å². The first-order valence-corrected chi connectivity index (χ1v) is 8.25. The van der Waals surface area contributed by atoms with Gasteiger partial charge >= 0.3 is 0 Å². The Bertz CT molecular complexity index is 662. The molecule has 1 amide bonds. The van der Waals surface area contributed by atoms with Gasteiger partial charge in [0, 0.05) is 23.7 Å². The smallest absolute Gasteiger partial charge is 0.230 e. The fourth-order valence-electron chi connectivity index (χ4n) is 1.91. The average Bonchev–Trinajstić information content (AvgIpc) is 2.87. The second kappa shape index (κ2) is 8.19. The van der Waals surface area contributed by atoms with Crippen LogP contribution in [0.15, 0.2) is 29.4 Å². The van der Waals surface area contributed by atoms with Crippen molar-refractivity contribution in [1.82, 2.24) is 20.2 Å². The largest absolute Gasteiger partial charge is 0.383 e. The van der Waals surface area contributed by atoms with Crippen LogP contribution in [0.3, 0.4) is 0 Å². The van der Waals surface area contributed by atoms with Gasteiger partial charge in [0.2, 0.25) is 11.1 Å². The van der Waals surface area contributed by atoms with E-state index in [-0.39, 0.29) is 17.7 Å². The molecule has 124 valence electrons. The number of halogens is 1. The number of benzene rings is 1. The molecule has 9 heteroatoms. The van der Waals surface area contributed by atoms with E-state index in [2.05, 4.69) is 15.5 Å². The number of carbonyl (C=O) groups is 1. The molecule has 1 aromatic heterocycles. The first-order valence-electron chi connectivity index (χ1n) is 6.88. The molecule has 1 atom stereocenters. The number of hydrogen-bond acceptors (Lipinski definition) is 6. The lowest BCUT2D eigenvalue weighted by molar-refractivity contribution is -0.119. The Labute approximate surface area is 143 Å². The molecule has 2 rings (SSSR count). The Morgan fingerprint density at radius 1 is 1.43 bits per heavy atom. The first kappa shape index (κ1) is 17.6. The van der Waals surface area contributed by atoms with Crippen molar-refractivity contribution < 1.29 is 9.53 Å². The maximum absolute atomic E-state index is 11.8. The Kier molecular flexibility index (Phi) is 6.26. The quantitative estimate of drug-likeness (QED) is 0.578. The molecular formula is C14H18ClN5O2S. The number of nitrogens with zero attached hydrogens (tertiary/aromatic N) is 3. The van der Waals surface area contributed by atoms with Crippen molar-refractivity contribution in [3.8, 4) is 11.4 Å². The van der Waals surface area contributed by atoms with E-state index in [1.165, 1.54) is 16.4 Å². The lowest BCUT2D eigenvalue weighted by Crippen LogP contribution is -2.36. The van der Waals surface area contributed by atoms with E-state index in [0.717, 1.165) is 5.56 Å². The Hall–Kier alpha value is -1.77. The van der Waals surface area contributed by atoms with E-state index in [1.54, 1.807) is 19.2 Å². The van der Waals surface area contributed by atoms with Crippen LogP contribution in [-0.4, -0.2) is 46.3 Å². The predicted octanol–water partition coefficient (Wildman–Crippen LogP) is 1.56. The van der Waals surface area contributed by atoms with Crippen LogP contribution in [0, 0.1) is 0 Å². The average molecular weight is 356 g/mol. The third-order valence-corrected chi connectivity index (χ3v) is 4.12. The zero-order chi connectivity index (χ0) is 16.8. The highest BCUT2D eigenvalue weighted by Gasteiger charge is 2.14. The lowest BCUT2D eigenvalue weighted by atomic mass is 10.2. The standard InChI is InChI=1S/C14H18ClN5O2S/c1-9(7-22-2)17-12(21)8-23-14-19-18-13(20(14)16)10-3-5-11(15)6-4-10/h3-6,9H,7-8,16H2,1-2H3,(H,17,21)/t9-/m1/s1. The lowest BCUT2D eigenvalue weighted by Gasteiger charge is -2.12. The van der Waals surface area contributed by atoms with Crippen LogP contribution in [0.5, 0.6) is 0 Å². The summed E-state index contributed by atoms with van der Waals surface area (Å²) in [5.41, 5.74) is 0.800. The molecule has 0 radical (unpaired) electrons. The summed E-state index contributed by atoms with van der Waals surface area (Å²) in [5.74, 6) is 6.59. The molecule has 0 saturated carbocycles. The van der Waals surface area contributed by atoms with Crippen LogP contribution in [0.4, 0.5) is 0 Å². The van der Waals surface area contributed by atoms with Crippen molar-refractivity contribution in [2.45, 2.75) is 18.1 Å². The summed E-state index contributed by atoms with van der Waals surface area (Å²) < 4.78 is 6.33. The van der Waals surface area contributed by atoms with Crippen molar-refractivity contribution in [3.05, 3.63) is 29.3 Å². The molecule has 3 N–H and O–H groups in total. The van der Waals surface area contributed by atoms with Crippen LogP contribution in [-0.2, 0) is 9.53 Å². The van der Waals surface area contributed by atoms with Gasteiger partial charge in [-0.2, -0.15) is 0 Å². The van der Waals surface area contributed by atoms with Gasteiger partial charge in [-0.15, -0.1) is 10.2 Å². The van der Waals surface area contributed by atoms with E-state index < -0.39 is 0 Å². The molecule has 0 unspecified atom stereocenters. The SMILES string of the molecule is COC[C@@H](C)NC(=O)CSc1nnc(-c2ccc(Cl)cc2)n1N. The number of rotatable bonds is 7. The van der Waals surface area contributed by atoms with Crippen molar-refractivity contribution in [2.24, 2.45) is 0 Å². The molecule has 1 aromatic carbocycles. The van der Waals surface area contributed by atoms with Gasteiger partial charge < -0.3 is 15.9 Å². The molecule has 2 aromatic rings. The van der Waals surface area contributed by atoms with Crippen LogP contribution in [0.1, 0.15) is 6.92 Å².